The second-order valence-electron chi connectivity index (χ2n) is 9.68. The molecule has 1 saturated heterocycles. The SMILES string of the molecule is CC(C)C(NC(=O)c1c(F)cccc1F)C(=O)NC1CC2(CCN(C)CC2)Oc2ccccc21. The van der Waals surface area contributed by atoms with Crippen molar-refractivity contribution in [3.63, 3.8) is 0 Å². The van der Waals surface area contributed by atoms with E-state index < -0.39 is 35.1 Å². The number of likely N-dealkylation sites (tertiary alicyclic amines) is 1. The summed E-state index contributed by atoms with van der Waals surface area (Å²) in [6, 6.07) is 9.61. The maximum Gasteiger partial charge on any atom is 0.257 e. The Hall–Kier alpha value is -3.00. The van der Waals surface area contributed by atoms with Crippen molar-refractivity contribution in [3.8, 4) is 5.75 Å². The molecule has 6 nitrogen and oxygen atoms in total. The first kappa shape index (κ1) is 24.1. The third kappa shape index (κ3) is 4.92. The molecule has 2 aliphatic rings. The molecule has 2 amide bonds. The van der Waals surface area contributed by atoms with Crippen molar-refractivity contribution in [1.29, 1.82) is 0 Å². The van der Waals surface area contributed by atoms with Gasteiger partial charge in [0.05, 0.1) is 6.04 Å². The molecule has 0 bridgehead atoms. The van der Waals surface area contributed by atoms with Gasteiger partial charge < -0.3 is 20.3 Å². The highest BCUT2D eigenvalue weighted by atomic mass is 19.1. The molecule has 2 aromatic carbocycles. The number of piperidine rings is 1. The smallest absolute Gasteiger partial charge is 0.257 e. The first-order chi connectivity index (χ1) is 16.2. The number of carbonyl (C=O) groups excluding carboxylic acids is 2. The van der Waals surface area contributed by atoms with Gasteiger partial charge in [-0.05, 0) is 44.0 Å². The normalized spacial score (nSPS) is 20.4. The number of halogens is 2. The van der Waals surface area contributed by atoms with Crippen molar-refractivity contribution in [1.82, 2.24) is 15.5 Å². The van der Waals surface area contributed by atoms with Gasteiger partial charge in [0, 0.05) is 25.1 Å². The van der Waals surface area contributed by atoms with Crippen LogP contribution in [-0.4, -0.2) is 48.5 Å². The zero-order valence-electron chi connectivity index (χ0n) is 19.7. The Morgan fingerprint density at radius 3 is 2.35 bits per heavy atom. The lowest BCUT2D eigenvalue weighted by atomic mass is 9.80. The Labute approximate surface area is 198 Å². The lowest BCUT2D eigenvalue weighted by Crippen LogP contribution is -2.54. The average Bonchev–Trinajstić information content (AvgIpc) is 2.79. The molecule has 34 heavy (non-hydrogen) atoms. The standard InChI is InChI=1S/C26H31F2N3O3/c1-16(2)23(30-24(32)22-18(27)8-6-9-19(22)28)25(33)29-20-15-26(11-13-31(3)14-12-26)34-21-10-5-4-7-17(20)21/h4-10,16,20,23H,11-15H2,1-3H3,(H,29,33)(H,30,32). The van der Waals surface area contributed by atoms with Gasteiger partial charge in [-0.2, -0.15) is 0 Å². The van der Waals surface area contributed by atoms with Gasteiger partial charge in [0.1, 0.15) is 34.6 Å². The van der Waals surface area contributed by atoms with E-state index in [0.717, 1.165) is 49.4 Å². The summed E-state index contributed by atoms with van der Waals surface area (Å²) in [6.07, 6.45) is 2.31. The van der Waals surface area contributed by atoms with E-state index in [0.29, 0.717) is 6.42 Å². The molecule has 4 rings (SSSR count). The van der Waals surface area contributed by atoms with Crippen LogP contribution in [0.2, 0.25) is 0 Å². The van der Waals surface area contributed by atoms with Gasteiger partial charge in [-0.1, -0.05) is 38.1 Å². The average molecular weight is 472 g/mol. The lowest BCUT2D eigenvalue weighted by molar-refractivity contribution is -0.125. The minimum Gasteiger partial charge on any atom is -0.487 e. The molecule has 0 radical (unpaired) electrons. The number of benzene rings is 2. The summed E-state index contributed by atoms with van der Waals surface area (Å²) in [7, 11) is 2.08. The zero-order valence-corrected chi connectivity index (χ0v) is 19.7. The van der Waals surface area contributed by atoms with Crippen molar-refractivity contribution in [2.45, 2.75) is 50.8 Å². The zero-order chi connectivity index (χ0) is 24.5. The van der Waals surface area contributed by atoms with Crippen LogP contribution in [0.15, 0.2) is 42.5 Å². The summed E-state index contributed by atoms with van der Waals surface area (Å²) in [4.78, 5) is 28.3. The number of para-hydroxylation sites is 1. The fraction of sp³-hybridized carbons (Fsp3) is 0.462. The first-order valence-corrected chi connectivity index (χ1v) is 11.7. The van der Waals surface area contributed by atoms with Crippen LogP contribution in [0.1, 0.15) is 55.1 Å². The van der Waals surface area contributed by atoms with Gasteiger partial charge in [-0.15, -0.1) is 0 Å². The monoisotopic (exact) mass is 471 g/mol. The number of amides is 2. The molecular formula is C26H31F2N3O3. The second-order valence-corrected chi connectivity index (χ2v) is 9.68. The second kappa shape index (κ2) is 9.70. The van der Waals surface area contributed by atoms with Gasteiger partial charge in [-0.25, -0.2) is 8.78 Å². The van der Waals surface area contributed by atoms with Gasteiger partial charge in [0.15, 0.2) is 0 Å². The Balaban J connectivity index is 1.55. The number of hydrogen-bond donors (Lipinski definition) is 2. The number of fused-ring (bicyclic) bond motifs is 1. The largest absolute Gasteiger partial charge is 0.487 e. The number of carbonyl (C=O) groups is 2. The summed E-state index contributed by atoms with van der Waals surface area (Å²) < 4.78 is 34.7. The fourth-order valence-electron chi connectivity index (χ4n) is 4.80. The van der Waals surface area contributed by atoms with E-state index in [2.05, 4.69) is 22.6 Å². The molecule has 1 fully saturated rings. The van der Waals surface area contributed by atoms with Gasteiger partial charge in [-0.3, -0.25) is 9.59 Å². The number of rotatable bonds is 5. The highest BCUT2D eigenvalue weighted by molar-refractivity contribution is 5.98. The maximum absolute atomic E-state index is 14.1. The predicted molar refractivity (Wildman–Crippen MR) is 124 cm³/mol. The minimum absolute atomic E-state index is 0.300. The van der Waals surface area contributed by atoms with Crippen LogP contribution in [-0.2, 0) is 4.79 Å². The Kier molecular flexibility index (Phi) is 6.89. The molecule has 2 unspecified atom stereocenters. The molecule has 2 heterocycles. The van der Waals surface area contributed by atoms with E-state index in [-0.39, 0.29) is 17.6 Å². The molecule has 2 N–H and O–H groups in total. The van der Waals surface area contributed by atoms with Crippen LogP contribution >= 0.6 is 0 Å². The van der Waals surface area contributed by atoms with Crippen LogP contribution < -0.4 is 15.4 Å². The van der Waals surface area contributed by atoms with E-state index in [9.17, 15) is 18.4 Å². The predicted octanol–water partition coefficient (Wildman–Crippen LogP) is 3.82. The Bertz CT molecular complexity index is 1050. The fourth-order valence-corrected chi connectivity index (χ4v) is 4.80. The Morgan fingerprint density at radius 2 is 1.71 bits per heavy atom. The van der Waals surface area contributed by atoms with Crippen molar-refractivity contribution >= 4 is 11.8 Å². The lowest BCUT2D eigenvalue weighted by Gasteiger charge is -2.46. The molecule has 2 aromatic rings. The summed E-state index contributed by atoms with van der Waals surface area (Å²) in [5, 5.41) is 5.63. The van der Waals surface area contributed by atoms with E-state index >= 15 is 0 Å². The highest BCUT2D eigenvalue weighted by Gasteiger charge is 2.43. The molecule has 2 aliphatic heterocycles. The van der Waals surface area contributed by atoms with Crippen LogP contribution in [0, 0.1) is 17.6 Å². The minimum atomic E-state index is -0.969. The summed E-state index contributed by atoms with van der Waals surface area (Å²) in [5.74, 6) is -2.84. The van der Waals surface area contributed by atoms with Crippen LogP contribution in [0.3, 0.4) is 0 Å². The molecule has 2 atom stereocenters. The molecular weight excluding hydrogens is 440 g/mol. The molecule has 8 heteroatoms. The van der Waals surface area contributed by atoms with Gasteiger partial charge >= 0.3 is 0 Å². The quantitative estimate of drug-likeness (QED) is 0.696. The number of nitrogens with zero attached hydrogens (tertiary/aromatic N) is 1. The van der Waals surface area contributed by atoms with Crippen molar-refractivity contribution in [2.75, 3.05) is 20.1 Å². The summed E-state index contributed by atoms with van der Waals surface area (Å²) >= 11 is 0. The van der Waals surface area contributed by atoms with Crippen LogP contribution in [0.4, 0.5) is 8.78 Å². The highest BCUT2D eigenvalue weighted by Crippen LogP contribution is 2.44. The molecule has 0 aromatic heterocycles. The topological polar surface area (TPSA) is 70.7 Å². The van der Waals surface area contributed by atoms with E-state index in [1.807, 2.05) is 24.3 Å². The van der Waals surface area contributed by atoms with Gasteiger partial charge in [0.25, 0.3) is 5.91 Å². The van der Waals surface area contributed by atoms with Crippen LogP contribution in [0.25, 0.3) is 0 Å². The van der Waals surface area contributed by atoms with Crippen molar-refractivity contribution < 1.29 is 23.1 Å². The number of nitrogens with one attached hydrogen (secondary N) is 2. The van der Waals surface area contributed by atoms with Crippen LogP contribution in [0.5, 0.6) is 5.75 Å². The molecule has 0 saturated carbocycles. The van der Waals surface area contributed by atoms with E-state index in [1.165, 1.54) is 6.07 Å². The number of ether oxygens (including phenoxy) is 1. The van der Waals surface area contributed by atoms with E-state index in [4.69, 9.17) is 4.74 Å². The van der Waals surface area contributed by atoms with Gasteiger partial charge in [0.2, 0.25) is 5.91 Å². The number of hydrogen-bond acceptors (Lipinski definition) is 4. The summed E-state index contributed by atoms with van der Waals surface area (Å²) in [6.45, 7) is 5.36. The third-order valence-corrected chi connectivity index (χ3v) is 6.84. The van der Waals surface area contributed by atoms with Crippen molar-refractivity contribution in [2.24, 2.45) is 5.92 Å². The van der Waals surface area contributed by atoms with Crippen molar-refractivity contribution in [3.05, 3.63) is 65.2 Å². The summed E-state index contributed by atoms with van der Waals surface area (Å²) in [5.41, 5.74) is -0.178. The Morgan fingerprint density at radius 1 is 1.06 bits per heavy atom. The molecule has 182 valence electrons. The molecule has 0 aliphatic carbocycles. The van der Waals surface area contributed by atoms with E-state index in [1.54, 1.807) is 13.8 Å². The first-order valence-electron chi connectivity index (χ1n) is 11.7. The third-order valence-electron chi connectivity index (χ3n) is 6.84. The molecule has 1 spiro atoms. The maximum atomic E-state index is 14.1.